The monoisotopic (exact) mass is 322 g/mol. The van der Waals surface area contributed by atoms with E-state index in [9.17, 15) is 0 Å². The van der Waals surface area contributed by atoms with Crippen molar-refractivity contribution in [3.63, 3.8) is 0 Å². The summed E-state index contributed by atoms with van der Waals surface area (Å²) in [5, 5.41) is 7.98. The summed E-state index contributed by atoms with van der Waals surface area (Å²) in [5.41, 5.74) is 2.44. The van der Waals surface area contributed by atoms with Crippen molar-refractivity contribution in [2.24, 2.45) is 0 Å². The Labute approximate surface area is 134 Å². The van der Waals surface area contributed by atoms with Gasteiger partial charge in [-0.05, 0) is 32.7 Å². The molecule has 2 heterocycles. The first kappa shape index (κ1) is 14.9. The molecule has 0 spiro atoms. The fourth-order valence-electron chi connectivity index (χ4n) is 2.80. The third-order valence-corrected chi connectivity index (χ3v) is 5.93. The molecular weight excluding hydrogens is 300 g/mol. The van der Waals surface area contributed by atoms with Crippen LogP contribution in [0.4, 0.5) is 5.13 Å². The Hall–Kier alpha value is -0.980. The van der Waals surface area contributed by atoms with E-state index < -0.39 is 0 Å². The zero-order chi connectivity index (χ0) is 14.8. The lowest BCUT2D eigenvalue weighted by Gasteiger charge is -2.21. The second-order valence-corrected chi connectivity index (χ2v) is 7.60. The zero-order valence-corrected chi connectivity index (χ0v) is 14.5. The smallest absolute Gasteiger partial charge is 0.185 e. The maximum absolute atomic E-state index is 4.87. The van der Waals surface area contributed by atoms with Crippen molar-refractivity contribution in [3.05, 3.63) is 26.7 Å². The summed E-state index contributed by atoms with van der Waals surface area (Å²) in [7, 11) is 2.11. The van der Waals surface area contributed by atoms with Crippen LogP contribution in [0.15, 0.2) is 5.38 Å². The van der Waals surface area contributed by atoms with Crippen LogP contribution in [0.1, 0.15) is 47.1 Å². The molecule has 0 radical (unpaired) electrons. The zero-order valence-electron chi connectivity index (χ0n) is 12.8. The molecule has 2 aromatic heterocycles. The number of hydrogen-bond acceptors (Lipinski definition) is 6. The lowest BCUT2D eigenvalue weighted by atomic mass is 9.98. The standard InChI is InChI=1S/C15H22N4S2/c1-4-16-12-6-5-7-13-14(12)21-15(18-13)19(3)8-11-9-20-10(2)17-11/h9,12,16H,4-8H2,1-3H3. The van der Waals surface area contributed by atoms with Gasteiger partial charge < -0.3 is 10.2 Å². The highest BCUT2D eigenvalue weighted by Gasteiger charge is 2.25. The van der Waals surface area contributed by atoms with Gasteiger partial charge in [-0.1, -0.05) is 18.3 Å². The molecule has 21 heavy (non-hydrogen) atoms. The van der Waals surface area contributed by atoms with E-state index in [-0.39, 0.29) is 0 Å². The molecule has 114 valence electrons. The Morgan fingerprint density at radius 1 is 1.43 bits per heavy atom. The summed E-state index contributed by atoms with van der Waals surface area (Å²) in [6.07, 6.45) is 3.59. The van der Waals surface area contributed by atoms with Crippen LogP contribution in [-0.4, -0.2) is 23.6 Å². The number of thiazole rings is 2. The number of aryl methyl sites for hydroxylation is 2. The fraction of sp³-hybridized carbons (Fsp3) is 0.600. The number of nitrogens with one attached hydrogen (secondary N) is 1. The van der Waals surface area contributed by atoms with Crippen molar-refractivity contribution >= 4 is 27.8 Å². The molecule has 0 amide bonds. The lowest BCUT2D eigenvalue weighted by Crippen LogP contribution is -2.23. The van der Waals surface area contributed by atoms with E-state index >= 15 is 0 Å². The molecule has 3 rings (SSSR count). The van der Waals surface area contributed by atoms with Gasteiger partial charge >= 0.3 is 0 Å². The molecule has 0 saturated heterocycles. The quantitative estimate of drug-likeness (QED) is 0.914. The van der Waals surface area contributed by atoms with Crippen molar-refractivity contribution in [3.8, 4) is 0 Å². The summed E-state index contributed by atoms with van der Waals surface area (Å²) in [4.78, 5) is 13.1. The number of nitrogens with zero attached hydrogens (tertiary/aromatic N) is 3. The van der Waals surface area contributed by atoms with Crippen molar-refractivity contribution in [1.82, 2.24) is 15.3 Å². The van der Waals surface area contributed by atoms with Gasteiger partial charge in [-0.2, -0.15) is 0 Å². The molecule has 0 bridgehead atoms. The Kier molecular flexibility index (Phi) is 4.57. The van der Waals surface area contributed by atoms with Crippen LogP contribution in [0.2, 0.25) is 0 Å². The number of hydrogen-bond donors (Lipinski definition) is 1. The highest BCUT2D eigenvalue weighted by atomic mass is 32.1. The van der Waals surface area contributed by atoms with Gasteiger partial charge in [-0.3, -0.25) is 0 Å². The van der Waals surface area contributed by atoms with E-state index in [0.717, 1.165) is 35.3 Å². The summed E-state index contributed by atoms with van der Waals surface area (Å²) < 4.78 is 0. The second kappa shape index (κ2) is 6.42. The van der Waals surface area contributed by atoms with Crippen molar-refractivity contribution < 1.29 is 0 Å². The van der Waals surface area contributed by atoms with Crippen LogP contribution < -0.4 is 10.2 Å². The average Bonchev–Trinajstić information content (AvgIpc) is 3.06. The maximum Gasteiger partial charge on any atom is 0.185 e. The molecule has 0 aliphatic heterocycles. The second-order valence-electron chi connectivity index (χ2n) is 5.52. The number of rotatable bonds is 5. The van der Waals surface area contributed by atoms with Gasteiger partial charge in [0.15, 0.2) is 5.13 Å². The third-order valence-electron chi connectivity index (χ3n) is 3.78. The molecule has 1 atom stereocenters. The molecule has 0 fully saturated rings. The van der Waals surface area contributed by atoms with Crippen LogP contribution >= 0.6 is 22.7 Å². The molecule has 0 aromatic carbocycles. The largest absolute Gasteiger partial charge is 0.345 e. The van der Waals surface area contributed by atoms with E-state index in [0.29, 0.717) is 6.04 Å². The van der Waals surface area contributed by atoms with Crippen LogP contribution in [0.3, 0.4) is 0 Å². The Morgan fingerprint density at radius 3 is 3.00 bits per heavy atom. The van der Waals surface area contributed by atoms with Crippen LogP contribution in [0, 0.1) is 6.92 Å². The van der Waals surface area contributed by atoms with Gasteiger partial charge in [0.05, 0.1) is 22.9 Å². The Bertz CT molecular complexity index is 605. The molecule has 4 nitrogen and oxygen atoms in total. The minimum absolute atomic E-state index is 0.500. The number of fused-ring (bicyclic) bond motifs is 1. The van der Waals surface area contributed by atoms with Gasteiger partial charge in [0, 0.05) is 23.3 Å². The molecule has 1 unspecified atom stereocenters. The first-order valence-corrected chi connectivity index (χ1v) is 9.22. The molecule has 0 saturated carbocycles. The minimum atomic E-state index is 0.500. The van der Waals surface area contributed by atoms with Crippen molar-refractivity contribution in [1.29, 1.82) is 0 Å². The first-order chi connectivity index (χ1) is 10.2. The SMILES string of the molecule is CCNC1CCCc2nc(N(C)Cc3csc(C)n3)sc21. The van der Waals surface area contributed by atoms with E-state index in [1.807, 2.05) is 11.3 Å². The van der Waals surface area contributed by atoms with Gasteiger partial charge in [0.2, 0.25) is 0 Å². The number of anilines is 1. The van der Waals surface area contributed by atoms with Gasteiger partial charge in [-0.15, -0.1) is 11.3 Å². The predicted octanol–water partition coefficient (Wildman–Crippen LogP) is 3.53. The normalized spacial score (nSPS) is 17.8. The summed E-state index contributed by atoms with van der Waals surface area (Å²) in [6.45, 7) is 6.08. The highest BCUT2D eigenvalue weighted by molar-refractivity contribution is 7.15. The highest BCUT2D eigenvalue weighted by Crippen LogP contribution is 2.37. The van der Waals surface area contributed by atoms with E-state index in [1.165, 1.54) is 23.4 Å². The predicted molar refractivity (Wildman–Crippen MR) is 90.4 cm³/mol. The molecule has 1 N–H and O–H groups in total. The van der Waals surface area contributed by atoms with Crippen LogP contribution in [0.5, 0.6) is 0 Å². The van der Waals surface area contributed by atoms with E-state index in [2.05, 4.69) is 41.5 Å². The third kappa shape index (κ3) is 3.27. The molecule has 2 aromatic rings. The van der Waals surface area contributed by atoms with Crippen LogP contribution in [-0.2, 0) is 13.0 Å². The lowest BCUT2D eigenvalue weighted by molar-refractivity contribution is 0.476. The first-order valence-electron chi connectivity index (χ1n) is 7.52. The fourth-order valence-corrected chi connectivity index (χ4v) is 4.59. The van der Waals surface area contributed by atoms with Crippen molar-refractivity contribution in [2.75, 3.05) is 18.5 Å². The summed E-state index contributed by atoms with van der Waals surface area (Å²) in [5.74, 6) is 0. The molecule has 6 heteroatoms. The number of aromatic nitrogens is 2. The van der Waals surface area contributed by atoms with Gasteiger partial charge in [0.25, 0.3) is 0 Å². The molecular formula is C15H22N4S2. The van der Waals surface area contributed by atoms with E-state index in [4.69, 9.17) is 4.98 Å². The average molecular weight is 323 g/mol. The topological polar surface area (TPSA) is 41.1 Å². The molecule has 1 aliphatic carbocycles. The Balaban J connectivity index is 1.76. The summed E-state index contributed by atoms with van der Waals surface area (Å²) in [6, 6.07) is 0.500. The maximum atomic E-state index is 4.87. The summed E-state index contributed by atoms with van der Waals surface area (Å²) >= 11 is 3.56. The molecule has 1 aliphatic rings. The van der Waals surface area contributed by atoms with Gasteiger partial charge in [-0.25, -0.2) is 9.97 Å². The Morgan fingerprint density at radius 2 is 2.29 bits per heavy atom. The van der Waals surface area contributed by atoms with E-state index in [1.54, 1.807) is 11.3 Å². The van der Waals surface area contributed by atoms with Gasteiger partial charge in [0.1, 0.15) is 0 Å². The van der Waals surface area contributed by atoms with Crippen molar-refractivity contribution in [2.45, 2.75) is 45.7 Å². The van der Waals surface area contributed by atoms with Crippen LogP contribution in [0.25, 0.3) is 0 Å². The minimum Gasteiger partial charge on any atom is -0.345 e.